The zero-order chi connectivity index (χ0) is 20.3. The normalized spacial score (nSPS) is 27.4. The molecule has 5 rings (SSSR count). The van der Waals surface area contributed by atoms with E-state index in [1.807, 2.05) is 32.0 Å². The quantitative estimate of drug-likeness (QED) is 0.806. The van der Waals surface area contributed by atoms with E-state index in [4.69, 9.17) is 0 Å². The van der Waals surface area contributed by atoms with Crippen molar-refractivity contribution in [2.24, 2.45) is 23.7 Å². The molecule has 0 spiro atoms. The van der Waals surface area contributed by atoms with Crippen molar-refractivity contribution in [2.75, 3.05) is 10.2 Å². The van der Waals surface area contributed by atoms with Crippen molar-refractivity contribution in [3.63, 3.8) is 0 Å². The van der Waals surface area contributed by atoms with E-state index < -0.39 is 0 Å². The molecule has 3 amide bonds. The van der Waals surface area contributed by atoms with E-state index in [-0.39, 0.29) is 29.6 Å². The fourth-order valence-electron chi connectivity index (χ4n) is 5.60. The van der Waals surface area contributed by atoms with Crippen molar-refractivity contribution in [3.8, 4) is 0 Å². The molecule has 29 heavy (non-hydrogen) atoms. The molecule has 2 aromatic rings. The van der Waals surface area contributed by atoms with Gasteiger partial charge in [0.25, 0.3) is 5.91 Å². The van der Waals surface area contributed by atoms with Gasteiger partial charge in [0.1, 0.15) is 0 Å². The minimum Gasteiger partial charge on any atom is -0.322 e. The molecule has 0 unspecified atom stereocenters. The number of carbonyl (C=O) groups is 3. The number of imide groups is 1. The molecular formula is C24H24N2O3. The summed E-state index contributed by atoms with van der Waals surface area (Å²) in [6.45, 7) is 3.96. The lowest BCUT2D eigenvalue weighted by Crippen LogP contribution is -2.33. The van der Waals surface area contributed by atoms with E-state index in [0.29, 0.717) is 23.1 Å². The molecule has 0 aromatic heterocycles. The summed E-state index contributed by atoms with van der Waals surface area (Å²) in [6.07, 6.45) is 3.12. The van der Waals surface area contributed by atoms with Gasteiger partial charge in [0.2, 0.25) is 11.8 Å². The van der Waals surface area contributed by atoms with Gasteiger partial charge in [-0.1, -0.05) is 23.8 Å². The zero-order valence-electron chi connectivity index (χ0n) is 16.6. The van der Waals surface area contributed by atoms with Crippen LogP contribution in [0.4, 0.5) is 11.4 Å². The monoisotopic (exact) mass is 388 g/mol. The van der Waals surface area contributed by atoms with Gasteiger partial charge in [0.05, 0.1) is 17.5 Å². The van der Waals surface area contributed by atoms with E-state index in [0.717, 1.165) is 36.1 Å². The summed E-state index contributed by atoms with van der Waals surface area (Å²) in [7, 11) is 0. The molecule has 3 fully saturated rings. The molecule has 1 N–H and O–H groups in total. The lowest BCUT2D eigenvalue weighted by atomic mass is 9.81. The Bertz CT molecular complexity index is 1020. The van der Waals surface area contributed by atoms with Gasteiger partial charge in [-0.25, -0.2) is 0 Å². The maximum absolute atomic E-state index is 13.0. The van der Waals surface area contributed by atoms with Crippen LogP contribution in [0.15, 0.2) is 42.5 Å². The second-order valence-corrected chi connectivity index (χ2v) is 8.72. The van der Waals surface area contributed by atoms with Gasteiger partial charge in [0, 0.05) is 11.3 Å². The minimum absolute atomic E-state index is 0.0841. The number of hydrogen-bond acceptors (Lipinski definition) is 3. The van der Waals surface area contributed by atoms with E-state index in [1.165, 1.54) is 4.90 Å². The fourth-order valence-corrected chi connectivity index (χ4v) is 5.60. The number of benzene rings is 2. The van der Waals surface area contributed by atoms with Gasteiger partial charge in [-0.3, -0.25) is 19.3 Å². The summed E-state index contributed by atoms with van der Waals surface area (Å²) in [6, 6.07) is 12.7. The Morgan fingerprint density at radius 1 is 0.966 bits per heavy atom. The molecule has 0 radical (unpaired) electrons. The largest absolute Gasteiger partial charge is 0.322 e. The maximum atomic E-state index is 13.0. The number of anilines is 2. The van der Waals surface area contributed by atoms with Crippen LogP contribution in [0.5, 0.6) is 0 Å². The summed E-state index contributed by atoms with van der Waals surface area (Å²) in [5.41, 5.74) is 3.81. The third-order valence-corrected chi connectivity index (χ3v) is 6.92. The Balaban J connectivity index is 1.41. The lowest BCUT2D eigenvalue weighted by Gasteiger charge is -2.19. The van der Waals surface area contributed by atoms with Gasteiger partial charge >= 0.3 is 0 Å². The zero-order valence-corrected chi connectivity index (χ0v) is 16.6. The number of hydrogen-bond donors (Lipinski definition) is 1. The van der Waals surface area contributed by atoms with Crippen LogP contribution in [0, 0.1) is 37.5 Å². The summed E-state index contributed by atoms with van der Waals surface area (Å²) in [5.74, 6) is -0.0378. The molecule has 2 aromatic carbocycles. The summed E-state index contributed by atoms with van der Waals surface area (Å²) >= 11 is 0. The average Bonchev–Trinajstić information content (AvgIpc) is 3.38. The Kier molecular flexibility index (Phi) is 4.09. The van der Waals surface area contributed by atoms with Gasteiger partial charge in [-0.05, 0) is 74.8 Å². The van der Waals surface area contributed by atoms with Crippen LogP contribution in [0.2, 0.25) is 0 Å². The molecule has 2 saturated carbocycles. The van der Waals surface area contributed by atoms with Crippen LogP contribution in [0.3, 0.4) is 0 Å². The van der Waals surface area contributed by atoms with Crippen molar-refractivity contribution in [1.82, 2.24) is 0 Å². The van der Waals surface area contributed by atoms with E-state index in [9.17, 15) is 14.4 Å². The predicted octanol–water partition coefficient (Wildman–Crippen LogP) is 4.09. The van der Waals surface area contributed by atoms with E-state index in [1.54, 1.807) is 24.3 Å². The van der Waals surface area contributed by atoms with Crippen molar-refractivity contribution in [2.45, 2.75) is 33.1 Å². The first kappa shape index (κ1) is 18.1. The molecule has 2 aliphatic carbocycles. The van der Waals surface area contributed by atoms with E-state index in [2.05, 4.69) is 5.32 Å². The Morgan fingerprint density at radius 2 is 1.66 bits per heavy atom. The predicted molar refractivity (Wildman–Crippen MR) is 111 cm³/mol. The Morgan fingerprint density at radius 3 is 2.31 bits per heavy atom. The molecule has 2 bridgehead atoms. The average molecular weight is 388 g/mol. The SMILES string of the molecule is Cc1ccc(NC(=O)c2cccc(N3C(=O)[C@@H]4[C@H]5CC[C@@H](C5)[C@H]4C3=O)c2)c(C)c1. The number of nitrogens with one attached hydrogen (secondary N) is 1. The Labute approximate surface area is 170 Å². The second kappa shape index (κ2) is 6.55. The van der Waals surface area contributed by atoms with Crippen LogP contribution < -0.4 is 10.2 Å². The number of aryl methyl sites for hydroxylation is 2. The number of amides is 3. The van der Waals surface area contributed by atoms with E-state index >= 15 is 0 Å². The molecule has 5 nitrogen and oxygen atoms in total. The van der Waals surface area contributed by atoms with Crippen LogP contribution in [0.1, 0.15) is 40.7 Å². The van der Waals surface area contributed by atoms with Crippen molar-refractivity contribution in [3.05, 3.63) is 59.2 Å². The van der Waals surface area contributed by atoms with Crippen molar-refractivity contribution in [1.29, 1.82) is 0 Å². The third kappa shape index (κ3) is 2.79. The number of fused-ring (bicyclic) bond motifs is 5. The van der Waals surface area contributed by atoms with Gasteiger partial charge < -0.3 is 5.32 Å². The highest BCUT2D eigenvalue weighted by Crippen LogP contribution is 2.56. The highest BCUT2D eigenvalue weighted by atomic mass is 16.2. The van der Waals surface area contributed by atoms with Gasteiger partial charge in [0.15, 0.2) is 0 Å². The number of rotatable bonds is 3. The third-order valence-electron chi connectivity index (χ3n) is 6.92. The Hall–Kier alpha value is -2.95. The maximum Gasteiger partial charge on any atom is 0.255 e. The van der Waals surface area contributed by atoms with Crippen LogP contribution in [-0.4, -0.2) is 17.7 Å². The van der Waals surface area contributed by atoms with Crippen molar-refractivity contribution < 1.29 is 14.4 Å². The van der Waals surface area contributed by atoms with Crippen LogP contribution in [-0.2, 0) is 9.59 Å². The standard InChI is InChI=1S/C24H24N2O3/c1-13-6-9-19(14(2)10-13)25-22(27)17-4-3-5-18(12-17)26-23(28)20-15-7-8-16(11-15)21(20)24(26)29/h3-6,9-10,12,15-16,20-21H,7-8,11H2,1-2H3,(H,25,27)/t15-,16-,20+,21+/m0/s1. The number of nitrogens with zero attached hydrogens (tertiary/aromatic N) is 1. The van der Waals surface area contributed by atoms with Crippen molar-refractivity contribution >= 4 is 29.1 Å². The molecule has 1 heterocycles. The fraction of sp³-hybridized carbons (Fsp3) is 0.375. The molecule has 4 atom stereocenters. The minimum atomic E-state index is -0.252. The smallest absolute Gasteiger partial charge is 0.255 e. The summed E-state index contributed by atoms with van der Waals surface area (Å²) in [5, 5.41) is 2.93. The van der Waals surface area contributed by atoms with Crippen LogP contribution >= 0.6 is 0 Å². The molecule has 148 valence electrons. The van der Waals surface area contributed by atoms with Gasteiger partial charge in [-0.2, -0.15) is 0 Å². The molecule has 5 heteroatoms. The highest BCUT2D eigenvalue weighted by molar-refractivity contribution is 6.23. The highest BCUT2D eigenvalue weighted by Gasteiger charge is 2.61. The molecule has 1 aliphatic heterocycles. The van der Waals surface area contributed by atoms with Crippen LogP contribution in [0.25, 0.3) is 0 Å². The first-order valence-corrected chi connectivity index (χ1v) is 10.3. The topological polar surface area (TPSA) is 66.5 Å². The summed E-state index contributed by atoms with van der Waals surface area (Å²) < 4.78 is 0. The second-order valence-electron chi connectivity index (χ2n) is 8.72. The molecule has 3 aliphatic rings. The lowest BCUT2D eigenvalue weighted by molar-refractivity contribution is -0.123. The van der Waals surface area contributed by atoms with Gasteiger partial charge in [-0.15, -0.1) is 0 Å². The first-order valence-electron chi connectivity index (χ1n) is 10.3. The number of carbonyl (C=O) groups excluding carboxylic acids is 3. The summed E-state index contributed by atoms with van der Waals surface area (Å²) in [4.78, 5) is 40.2. The molecule has 1 saturated heterocycles. The first-order chi connectivity index (χ1) is 13.9. The molecular weight excluding hydrogens is 364 g/mol.